The second kappa shape index (κ2) is 2.84. The topological polar surface area (TPSA) is 23.6 Å². The first-order valence-corrected chi connectivity index (χ1v) is 3.43. The number of hydrogen-bond acceptors (Lipinski definition) is 3. The number of carbonyl (C=O) groups is 1. The van der Waals surface area contributed by atoms with Crippen LogP contribution in [-0.2, 0) is 4.79 Å². The van der Waals surface area contributed by atoms with E-state index in [1.807, 2.05) is 30.1 Å². The predicted octanol–water partition coefficient (Wildman–Crippen LogP) is 0.252. The van der Waals surface area contributed by atoms with Crippen molar-refractivity contribution in [1.82, 2.24) is 10.0 Å². The molecule has 0 fully saturated rings. The number of allylic oxidation sites excluding steroid dienone is 1. The second-order valence-electron chi connectivity index (χ2n) is 2.30. The smallest absolute Gasteiger partial charge is 0.167 e. The van der Waals surface area contributed by atoms with Crippen molar-refractivity contribution in [2.75, 3.05) is 20.1 Å². The monoisotopic (exact) mass is 140 g/mol. The van der Waals surface area contributed by atoms with Gasteiger partial charge in [-0.1, -0.05) is 0 Å². The molecule has 3 heteroatoms. The quantitative estimate of drug-likeness (QED) is 0.514. The fraction of sp³-hybridized carbons (Fsp3) is 0.571. The second-order valence-corrected chi connectivity index (χ2v) is 2.30. The normalized spacial score (nSPS) is 19.4. The number of rotatable bonds is 2. The van der Waals surface area contributed by atoms with Crippen molar-refractivity contribution in [1.29, 1.82) is 0 Å². The number of hydrogen-bond donors (Lipinski definition) is 0. The van der Waals surface area contributed by atoms with Crippen molar-refractivity contribution >= 4 is 6.29 Å². The minimum absolute atomic E-state index is 0.782. The van der Waals surface area contributed by atoms with Gasteiger partial charge in [0.15, 0.2) is 6.29 Å². The van der Waals surface area contributed by atoms with Crippen LogP contribution in [0.15, 0.2) is 11.8 Å². The van der Waals surface area contributed by atoms with Gasteiger partial charge in [0.25, 0.3) is 0 Å². The van der Waals surface area contributed by atoms with Gasteiger partial charge in [0, 0.05) is 20.1 Å². The number of hydrazine groups is 1. The van der Waals surface area contributed by atoms with Gasteiger partial charge in [-0.3, -0.25) is 4.79 Å². The lowest BCUT2D eigenvalue weighted by atomic mass is 10.4. The molecule has 0 N–H and O–H groups in total. The van der Waals surface area contributed by atoms with Crippen molar-refractivity contribution < 1.29 is 4.79 Å². The Bertz CT molecular complexity index is 165. The van der Waals surface area contributed by atoms with E-state index in [2.05, 4.69) is 0 Å². The Morgan fingerprint density at radius 3 is 2.90 bits per heavy atom. The zero-order valence-electron chi connectivity index (χ0n) is 6.37. The molecule has 0 bridgehead atoms. The van der Waals surface area contributed by atoms with Crippen molar-refractivity contribution in [3.63, 3.8) is 0 Å². The van der Waals surface area contributed by atoms with Gasteiger partial charge in [-0.25, -0.2) is 5.01 Å². The summed E-state index contributed by atoms with van der Waals surface area (Å²) >= 11 is 0. The third-order valence-electron chi connectivity index (χ3n) is 1.70. The van der Waals surface area contributed by atoms with Crippen molar-refractivity contribution in [3.05, 3.63) is 11.8 Å². The summed E-state index contributed by atoms with van der Waals surface area (Å²) in [5, 5.41) is 3.97. The van der Waals surface area contributed by atoms with Crippen LogP contribution in [-0.4, -0.2) is 36.4 Å². The van der Waals surface area contributed by atoms with Gasteiger partial charge >= 0.3 is 0 Å². The maximum Gasteiger partial charge on any atom is 0.167 e. The Balaban J connectivity index is 2.66. The predicted molar refractivity (Wildman–Crippen MR) is 39.2 cm³/mol. The first-order chi connectivity index (χ1) is 4.79. The van der Waals surface area contributed by atoms with Crippen LogP contribution in [0.3, 0.4) is 0 Å². The number of nitrogens with zero attached hydrogens (tertiary/aromatic N) is 2. The summed E-state index contributed by atoms with van der Waals surface area (Å²) in [6.07, 6.45) is 2.82. The lowest BCUT2D eigenvalue weighted by Crippen LogP contribution is -2.34. The average molecular weight is 140 g/mol. The van der Waals surface area contributed by atoms with E-state index in [0.717, 1.165) is 25.1 Å². The van der Waals surface area contributed by atoms with Gasteiger partial charge in [0.2, 0.25) is 0 Å². The Labute approximate surface area is 60.9 Å². The van der Waals surface area contributed by atoms with Gasteiger partial charge in [-0.2, -0.15) is 0 Å². The van der Waals surface area contributed by atoms with E-state index >= 15 is 0 Å². The lowest BCUT2D eigenvalue weighted by Gasteiger charge is -2.25. The Morgan fingerprint density at radius 2 is 2.50 bits per heavy atom. The minimum Gasteiger partial charge on any atom is -0.303 e. The third kappa shape index (κ3) is 1.04. The fourth-order valence-electron chi connectivity index (χ4n) is 1.16. The molecule has 1 aliphatic rings. The molecule has 0 unspecified atom stereocenters. The zero-order valence-corrected chi connectivity index (χ0v) is 6.37. The molecule has 0 saturated heterocycles. The number of aldehydes is 1. The maximum atomic E-state index is 10.4. The summed E-state index contributed by atoms with van der Waals surface area (Å²) in [5.74, 6) is 0. The third-order valence-corrected chi connectivity index (χ3v) is 1.70. The highest BCUT2D eigenvalue weighted by atomic mass is 16.1. The Morgan fingerprint density at radius 1 is 1.80 bits per heavy atom. The molecule has 0 amide bonds. The van der Waals surface area contributed by atoms with Gasteiger partial charge in [0.05, 0.1) is 5.70 Å². The minimum atomic E-state index is 0.782. The summed E-state index contributed by atoms with van der Waals surface area (Å²) < 4.78 is 0. The molecule has 0 aliphatic carbocycles. The van der Waals surface area contributed by atoms with E-state index < -0.39 is 0 Å². The van der Waals surface area contributed by atoms with E-state index in [-0.39, 0.29) is 0 Å². The summed E-state index contributed by atoms with van der Waals surface area (Å²) in [4.78, 5) is 10.4. The van der Waals surface area contributed by atoms with Crippen LogP contribution in [0, 0.1) is 0 Å². The fourth-order valence-corrected chi connectivity index (χ4v) is 1.16. The van der Waals surface area contributed by atoms with Crippen molar-refractivity contribution in [2.24, 2.45) is 0 Å². The summed E-state index contributed by atoms with van der Waals surface area (Å²) in [5.41, 5.74) is 0.782. The molecule has 56 valence electrons. The van der Waals surface area contributed by atoms with E-state index in [1.54, 1.807) is 0 Å². The Kier molecular flexibility index (Phi) is 2.06. The first kappa shape index (κ1) is 7.28. The van der Waals surface area contributed by atoms with E-state index in [0.29, 0.717) is 0 Å². The molecular formula is C7H12N2O. The van der Waals surface area contributed by atoms with E-state index in [1.165, 1.54) is 0 Å². The van der Waals surface area contributed by atoms with Crippen LogP contribution in [0.5, 0.6) is 0 Å². The standard InChI is InChI=1S/C7H12N2O/c1-3-9-7(6-10)4-5-8(9)2/h4,6H,3,5H2,1-2H3. The highest BCUT2D eigenvalue weighted by Gasteiger charge is 2.16. The van der Waals surface area contributed by atoms with Crippen LogP contribution in [0.4, 0.5) is 0 Å². The average Bonchev–Trinajstić information content (AvgIpc) is 2.30. The summed E-state index contributed by atoms with van der Waals surface area (Å²) in [6, 6.07) is 0. The molecule has 1 rings (SSSR count). The number of likely N-dealkylation sites (N-methyl/N-ethyl adjacent to an activating group) is 2. The van der Waals surface area contributed by atoms with Crippen LogP contribution >= 0.6 is 0 Å². The van der Waals surface area contributed by atoms with Crippen LogP contribution in [0.2, 0.25) is 0 Å². The van der Waals surface area contributed by atoms with Crippen LogP contribution < -0.4 is 0 Å². The molecule has 0 radical (unpaired) electrons. The van der Waals surface area contributed by atoms with Gasteiger partial charge in [-0.15, -0.1) is 0 Å². The van der Waals surface area contributed by atoms with Crippen molar-refractivity contribution in [3.8, 4) is 0 Å². The molecule has 0 aromatic heterocycles. The molecule has 0 aromatic carbocycles. The molecule has 3 nitrogen and oxygen atoms in total. The zero-order chi connectivity index (χ0) is 7.56. The molecule has 0 saturated carbocycles. The number of carbonyl (C=O) groups excluding carboxylic acids is 1. The van der Waals surface area contributed by atoms with Gasteiger partial charge in [-0.05, 0) is 13.0 Å². The Hall–Kier alpha value is -0.830. The van der Waals surface area contributed by atoms with Crippen LogP contribution in [0.1, 0.15) is 6.92 Å². The first-order valence-electron chi connectivity index (χ1n) is 3.43. The highest BCUT2D eigenvalue weighted by Crippen LogP contribution is 2.11. The molecular weight excluding hydrogens is 128 g/mol. The SMILES string of the molecule is CCN1C(C=O)=CCN1C. The lowest BCUT2D eigenvalue weighted by molar-refractivity contribution is -0.107. The molecule has 0 aromatic rings. The van der Waals surface area contributed by atoms with Crippen molar-refractivity contribution in [2.45, 2.75) is 6.92 Å². The molecule has 0 spiro atoms. The van der Waals surface area contributed by atoms with Gasteiger partial charge in [0.1, 0.15) is 0 Å². The molecule has 1 heterocycles. The maximum absolute atomic E-state index is 10.4. The molecule has 0 atom stereocenters. The summed E-state index contributed by atoms with van der Waals surface area (Å²) in [7, 11) is 1.97. The van der Waals surface area contributed by atoms with E-state index in [9.17, 15) is 4.79 Å². The highest BCUT2D eigenvalue weighted by molar-refractivity contribution is 5.72. The molecule has 10 heavy (non-hydrogen) atoms. The van der Waals surface area contributed by atoms with Crippen LogP contribution in [0.25, 0.3) is 0 Å². The summed E-state index contributed by atoms with van der Waals surface area (Å²) in [6.45, 7) is 3.74. The van der Waals surface area contributed by atoms with Gasteiger partial charge < -0.3 is 5.01 Å². The largest absolute Gasteiger partial charge is 0.303 e. The molecule has 1 aliphatic heterocycles. The van der Waals surface area contributed by atoms with E-state index in [4.69, 9.17) is 0 Å².